The molecule has 1 aromatic heterocycles. The first kappa shape index (κ1) is 22.0. The number of methoxy groups -OCH3 is 3. The van der Waals surface area contributed by atoms with Gasteiger partial charge in [-0.15, -0.1) is 10.2 Å². The van der Waals surface area contributed by atoms with E-state index in [0.717, 1.165) is 15.3 Å². The van der Waals surface area contributed by atoms with Crippen LogP contribution in [0.25, 0.3) is 17.5 Å². The molecule has 0 aliphatic rings. The molecule has 1 N–H and O–H groups in total. The maximum atomic E-state index is 11.7. The van der Waals surface area contributed by atoms with Gasteiger partial charge >= 0.3 is 5.97 Å². The summed E-state index contributed by atoms with van der Waals surface area (Å²) < 4.78 is 22.2. The number of aromatic nitrogens is 2. The van der Waals surface area contributed by atoms with Crippen molar-refractivity contribution in [3.8, 4) is 28.7 Å². The van der Waals surface area contributed by atoms with Crippen LogP contribution >= 0.6 is 34.4 Å². The monoisotopic (exact) mass is 540 g/mol. The number of halogens is 1. The number of carboxylic acids is 1. The van der Waals surface area contributed by atoms with Crippen LogP contribution in [-0.4, -0.2) is 42.6 Å². The Morgan fingerprint density at radius 3 is 2.33 bits per heavy atom. The van der Waals surface area contributed by atoms with E-state index in [2.05, 4.69) is 32.8 Å². The van der Waals surface area contributed by atoms with E-state index in [1.165, 1.54) is 20.3 Å². The standard InChI is InChI=1S/C20H17IN2O6S/c1-26-13-8-12(9-14(10-13)27-2)18-22-23-20(29-18)30-17(19(24)25)7-11-4-5-16(28-3)15(21)6-11/h4-10H,1-3H3,(H,24,25)/b17-7-. The molecule has 0 aliphatic heterocycles. The molecule has 0 unspecified atom stereocenters. The third kappa shape index (κ3) is 5.25. The van der Waals surface area contributed by atoms with E-state index in [-0.39, 0.29) is 16.0 Å². The normalized spacial score (nSPS) is 11.3. The fourth-order valence-corrected chi connectivity index (χ4v) is 3.88. The van der Waals surface area contributed by atoms with Crippen molar-refractivity contribution >= 4 is 46.4 Å². The van der Waals surface area contributed by atoms with Gasteiger partial charge in [0.05, 0.1) is 24.9 Å². The first-order valence-electron chi connectivity index (χ1n) is 8.46. The minimum Gasteiger partial charge on any atom is -0.497 e. The number of benzene rings is 2. The van der Waals surface area contributed by atoms with Gasteiger partial charge in [0.25, 0.3) is 5.22 Å². The minimum absolute atomic E-state index is 0.0365. The molecule has 0 aliphatic carbocycles. The van der Waals surface area contributed by atoms with Crippen LogP contribution in [0.15, 0.2) is 50.9 Å². The van der Waals surface area contributed by atoms with Crippen LogP contribution in [0.5, 0.6) is 17.2 Å². The molecule has 8 nitrogen and oxygen atoms in total. The third-order valence-electron chi connectivity index (χ3n) is 3.89. The van der Waals surface area contributed by atoms with Crippen LogP contribution in [0.4, 0.5) is 0 Å². The molecule has 3 rings (SSSR count). The van der Waals surface area contributed by atoms with Gasteiger partial charge in [0.2, 0.25) is 5.89 Å². The van der Waals surface area contributed by atoms with Gasteiger partial charge in [0, 0.05) is 11.6 Å². The average molecular weight is 540 g/mol. The van der Waals surface area contributed by atoms with E-state index < -0.39 is 5.97 Å². The molecule has 10 heteroatoms. The van der Waals surface area contributed by atoms with Crippen molar-refractivity contribution in [3.63, 3.8) is 0 Å². The number of hydrogen-bond donors (Lipinski definition) is 1. The summed E-state index contributed by atoms with van der Waals surface area (Å²) in [5.74, 6) is 0.966. The quantitative estimate of drug-likeness (QED) is 0.250. The SMILES string of the molecule is COc1cc(OC)cc(-c2nnc(S/C(=C\c3ccc(OC)c(I)c3)C(=O)O)o2)c1. The summed E-state index contributed by atoms with van der Waals surface area (Å²) in [6.07, 6.45) is 1.53. The highest BCUT2D eigenvalue weighted by Crippen LogP contribution is 2.33. The van der Waals surface area contributed by atoms with Crippen molar-refractivity contribution in [1.29, 1.82) is 0 Å². The Morgan fingerprint density at radius 1 is 1.07 bits per heavy atom. The zero-order chi connectivity index (χ0) is 21.7. The molecule has 2 aromatic carbocycles. The summed E-state index contributed by atoms with van der Waals surface area (Å²) >= 11 is 2.99. The highest BCUT2D eigenvalue weighted by atomic mass is 127. The van der Waals surface area contributed by atoms with Crippen molar-refractivity contribution < 1.29 is 28.5 Å². The molecule has 156 valence electrons. The number of aliphatic carboxylic acids is 1. The molecule has 0 radical (unpaired) electrons. The predicted octanol–water partition coefficient (Wildman–Crippen LogP) is 4.58. The molecule has 1 heterocycles. The zero-order valence-electron chi connectivity index (χ0n) is 16.2. The van der Waals surface area contributed by atoms with Gasteiger partial charge in [-0.1, -0.05) is 6.07 Å². The number of thioether (sulfide) groups is 1. The highest BCUT2D eigenvalue weighted by Gasteiger charge is 2.17. The topological polar surface area (TPSA) is 104 Å². The van der Waals surface area contributed by atoms with Gasteiger partial charge in [-0.3, -0.25) is 0 Å². The molecule has 0 spiro atoms. The third-order valence-corrected chi connectivity index (χ3v) is 5.58. The van der Waals surface area contributed by atoms with Crippen LogP contribution in [0.3, 0.4) is 0 Å². The van der Waals surface area contributed by atoms with Crippen molar-refractivity contribution in [2.45, 2.75) is 5.22 Å². The molecular formula is C20H17IN2O6S. The summed E-state index contributed by atoms with van der Waals surface area (Å²) in [6.45, 7) is 0. The minimum atomic E-state index is -1.10. The highest BCUT2D eigenvalue weighted by molar-refractivity contribution is 14.1. The summed E-state index contributed by atoms with van der Waals surface area (Å²) in [5.41, 5.74) is 1.30. The summed E-state index contributed by atoms with van der Waals surface area (Å²) in [7, 11) is 4.66. The largest absolute Gasteiger partial charge is 0.497 e. The van der Waals surface area contributed by atoms with Gasteiger partial charge in [-0.2, -0.15) is 0 Å². The molecule has 0 fully saturated rings. The molecule has 3 aromatic rings. The van der Waals surface area contributed by atoms with Crippen LogP contribution in [0.2, 0.25) is 0 Å². The van der Waals surface area contributed by atoms with Gasteiger partial charge in [-0.05, 0) is 70.3 Å². The summed E-state index contributed by atoms with van der Waals surface area (Å²) in [5, 5.41) is 17.6. The van der Waals surface area contributed by atoms with Crippen LogP contribution in [-0.2, 0) is 4.79 Å². The molecule has 0 bridgehead atoms. The van der Waals surface area contributed by atoms with Gasteiger partial charge < -0.3 is 23.7 Å². The second-order valence-corrected chi connectivity index (χ2v) is 7.94. The van der Waals surface area contributed by atoms with Crippen molar-refractivity contribution in [2.75, 3.05) is 21.3 Å². The predicted molar refractivity (Wildman–Crippen MR) is 120 cm³/mol. The van der Waals surface area contributed by atoms with Gasteiger partial charge in [-0.25, -0.2) is 4.79 Å². The molecule has 0 atom stereocenters. The maximum absolute atomic E-state index is 11.7. The smallest absolute Gasteiger partial charge is 0.342 e. The van der Waals surface area contributed by atoms with E-state index in [9.17, 15) is 9.90 Å². The number of nitrogens with zero attached hydrogens (tertiary/aromatic N) is 2. The van der Waals surface area contributed by atoms with E-state index >= 15 is 0 Å². The molecule has 0 amide bonds. The number of rotatable bonds is 8. The maximum Gasteiger partial charge on any atom is 0.342 e. The zero-order valence-corrected chi connectivity index (χ0v) is 19.2. The molecule has 0 saturated carbocycles. The van der Waals surface area contributed by atoms with Crippen molar-refractivity contribution in [2.24, 2.45) is 0 Å². The lowest BCUT2D eigenvalue weighted by Gasteiger charge is -2.06. The van der Waals surface area contributed by atoms with Crippen LogP contribution in [0.1, 0.15) is 5.56 Å². The molecule has 0 saturated heterocycles. The number of carbonyl (C=O) groups is 1. The van der Waals surface area contributed by atoms with E-state index in [4.69, 9.17) is 18.6 Å². The Kier molecular flexibility index (Phi) is 7.21. The summed E-state index contributed by atoms with van der Waals surface area (Å²) in [6, 6.07) is 10.5. The second kappa shape index (κ2) is 9.85. The van der Waals surface area contributed by atoms with Crippen molar-refractivity contribution in [1.82, 2.24) is 10.2 Å². The second-order valence-electron chi connectivity index (χ2n) is 5.78. The average Bonchev–Trinajstić information content (AvgIpc) is 3.21. The fourth-order valence-electron chi connectivity index (χ4n) is 2.45. The first-order chi connectivity index (χ1) is 14.4. The lowest BCUT2D eigenvalue weighted by Crippen LogP contribution is -1.97. The summed E-state index contributed by atoms with van der Waals surface area (Å²) in [4.78, 5) is 11.8. The van der Waals surface area contributed by atoms with Gasteiger partial charge in [0.15, 0.2) is 0 Å². The van der Waals surface area contributed by atoms with Crippen LogP contribution < -0.4 is 14.2 Å². The number of hydrogen-bond acceptors (Lipinski definition) is 8. The Balaban J connectivity index is 1.87. The first-order valence-corrected chi connectivity index (χ1v) is 10.4. The number of ether oxygens (including phenoxy) is 3. The molecular weight excluding hydrogens is 523 g/mol. The lowest BCUT2D eigenvalue weighted by atomic mass is 10.2. The van der Waals surface area contributed by atoms with Crippen LogP contribution in [0, 0.1) is 3.57 Å². The van der Waals surface area contributed by atoms with E-state index in [0.29, 0.717) is 28.4 Å². The fraction of sp³-hybridized carbons (Fsp3) is 0.150. The number of carboxylic acid groups (broad SMARTS) is 1. The lowest BCUT2D eigenvalue weighted by molar-refractivity contribution is -0.131. The Bertz CT molecular complexity index is 1080. The Labute approximate surface area is 190 Å². The molecule has 30 heavy (non-hydrogen) atoms. The van der Waals surface area contributed by atoms with E-state index in [1.54, 1.807) is 37.4 Å². The van der Waals surface area contributed by atoms with Crippen molar-refractivity contribution in [3.05, 3.63) is 50.4 Å². The van der Waals surface area contributed by atoms with Gasteiger partial charge in [0.1, 0.15) is 22.2 Å². The Hall–Kier alpha value is -2.73. The van der Waals surface area contributed by atoms with E-state index in [1.807, 2.05) is 6.07 Å². The Morgan fingerprint density at radius 2 is 1.77 bits per heavy atom.